The summed E-state index contributed by atoms with van der Waals surface area (Å²) >= 11 is 3.66. The summed E-state index contributed by atoms with van der Waals surface area (Å²) in [6, 6.07) is 3.94. The maximum absolute atomic E-state index is 12.6. The Morgan fingerprint density at radius 1 is 1.41 bits per heavy atom. The van der Waals surface area contributed by atoms with Crippen molar-refractivity contribution >= 4 is 44.2 Å². The van der Waals surface area contributed by atoms with Gasteiger partial charge in [0.25, 0.3) is 5.91 Å². The second-order valence-corrected chi connectivity index (χ2v) is 7.50. The molecule has 3 N–H and O–H groups in total. The molecule has 0 aromatic carbocycles. The first-order valence-corrected chi connectivity index (χ1v) is 9.76. The predicted octanol–water partition coefficient (Wildman–Crippen LogP) is 3.16. The second-order valence-electron chi connectivity index (χ2n) is 6.65. The highest BCUT2D eigenvalue weighted by atomic mass is 79.9. The summed E-state index contributed by atoms with van der Waals surface area (Å²) in [7, 11) is 2.00. The van der Waals surface area contributed by atoms with Gasteiger partial charge in [0.1, 0.15) is 5.65 Å². The number of fused-ring (bicyclic) bond motifs is 1. The van der Waals surface area contributed by atoms with Crippen LogP contribution in [0.3, 0.4) is 0 Å². The highest BCUT2D eigenvalue weighted by molar-refractivity contribution is 9.10. The lowest BCUT2D eigenvalue weighted by Crippen LogP contribution is -2.44. The molecule has 4 rings (SSSR count). The predicted molar refractivity (Wildman–Crippen MR) is 110 cm³/mol. The molecule has 1 saturated heterocycles. The number of carbonyl (C=O) groups is 1. The Hall–Kier alpha value is -2.45. The number of pyridine rings is 2. The van der Waals surface area contributed by atoms with E-state index in [0.717, 1.165) is 47.1 Å². The van der Waals surface area contributed by atoms with Gasteiger partial charge in [0.15, 0.2) is 0 Å². The van der Waals surface area contributed by atoms with Gasteiger partial charge in [0.05, 0.1) is 26.8 Å². The van der Waals surface area contributed by atoms with E-state index in [4.69, 9.17) is 0 Å². The summed E-state index contributed by atoms with van der Waals surface area (Å²) in [4.78, 5) is 26.6. The van der Waals surface area contributed by atoms with Crippen LogP contribution < -0.4 is 15.5 Å². The summed E-state index contributed by atoms with van der Waals surface area (Å²) < 4.78 is 0.920. The van der Waals surface area contributed by atoms with Gasteiger partial charge in [-0.2, -0.15) is 0 Å². The van der Waals surface area contributed by atoms with Crippen LogP contribution in [-0.2, 0) is 0 Å². The van der Waals surface area contributed by atoms with Crippen molar-refractivity contribution in [2.45, 2.75) is 18.9 Å². The van der Waals surface area contributed by atoms with Crippen molar-refractivity contribution in [3.63, 3.8) is 0 Å². The van der Waals surface area contributed by atoms with Gasteiger partial charge >= 0.3 is 0 Å². The molecule has 1 fully saturated rings. The molecule has 1 unspecified atom stereocenters. The number of anilines is 2. The fraction of sp³-hybridized carbons (Fsp3) is 0.316. The van der Waals surface area contributed by atoms with E-state index >= 15 is 0 Å². The largest absolute Gasteiger partial charge is 0.368 e. The number of piperidine rings is 1. The lowest BCUT2D eigenvalue weighted by molar-refractivity contribution is 0.102. The van der Waals surface area contributed by atoms with E-state index in [1.807, 2.05) is 13.2 Å². The van der Waals surface area contributed by atoms with Crippen LogP contribution in [0.2, 0.25) is 0 Å². The summed E-state index contributed by atoms with van der Waals surface area (Å²) in [5, 5.41) is 7.29. The third kappa shape index (κ3) is 3.54. The third-order valence-corrected chi connectivity index (χ3v) is 5.53. The summed E-state index contributed by atoms with van der Waals surface area (Å²) in [5.41, 5.74) is 3.04. The van der Waals surface area contributed by atoms with E-state index in [0.29, 0.717) is 17.3 Å². The van der Waals surface area contributed by atoms with Gasteiger partial charge in [-0.15, -0.1) is 0 Å². The van der Waals surface area contributed by atoms with Crippen LogP contribution in [0.4, 0.5) is 11.4 Å². The van der Waals surface area contributed by atoms with Crippen LogP contribution in [0.15, 0.2) is 41.4 Å². The molecule has 27 heavy (non-hydrogen) atoms. The number of aromatic nitrogens is 3. The van der Waals surface area contributed by atoms with Gasteiger partial charge in [-0.3, -0.25) is 9.78 Å². The van der Waals surface area contributed by atoms with Crippen LogP contribution in [0.1, 0.15) is 23.2 Å². The average molecular weight is 429 g/mol. The number of H-pyrrole nitrogens is 1. The Labute approximate surface area is 165 Å². The third-order valence-electron chi connectivity index (χ3n) is 4.95. The molecule has 140 valence electrons. The van der Waals surface area contributed by atoms with Crippen molar-refractivity contribution < 1.29 is 4.79 Å². The van der Waals surface area contributed by atoms with E-state index in [9.17, 15) is 4.79 Å². The smallest absolute Gasteiger partial charge is 0.257 e. The zero-order valence-electron chi connectivity index (χ0n) is 15.0. The molecule has 7 nitrogen and oxygen atoms in total. The van der Waals surface area contributed by atoms with Gasteiger partial charge < -0.3 is 20.5 Å². The minimum Gasteiger partial charge on any atom is -0.368 e. The Kier molecular flexibility index (Phi) is 5.09. The molecule has 0 bridgehead atoms. The molecule has 1 amide bonds. The van der Waals surface area contributed by atoms with Crippen LogP contribution in [0, 0.1) is 0 Å². The number of likely N-dealkylation sites (N-methyl/N-ethyl adjacent to an activating group) is 1. The monoisotopic (exact) mass is 428 g/mol. The lowest BCUT2D eigenvalue weighted by atomic mass is 10.0. The fourth-order valence-electron chi connectivity index (χ4n) is 3.57. The molecule has 1 atom stereocenters. The molecule has 0 radical (unpaired) electrons. The van der Waals surface area contributed by atoms with Gasteiger partial charge in [0.2, 0.25) is 0 Å². The lowest BCUT2D eigenvalue weighted by Gasteiger charge is -2.35. The number of nitrogens with one attached hydrogen (secondary N) is 3. The quantitative estimate of drug-likeness (QED) is 0.593. The number of amides is 1. The molecule has 8 heteroatoms. The first kappa shape index (κ1) is 17.9. The Balaban J connectivity index is 1.72. The van der Waals surface area contributed by atoms with Crippen molar-refractivity contribution in [1.82, 2.24) is 20.3 Å². The second kappa shape index (κ2) is 7.66. The minimum atomic E-state index is -0.193. The van der Waals surface area contributed by atoms with Gasteiger partial charge in [0, 0.05) is 43.9 Å². The van der Waals surface area contributed by atoms with Crippen LogP contribution >= 0.6 is 15.9 Å². The summed E-state index contributed by atoms with van der Waals surface area (Å²) in [6.07, 6.45) is 9.09. The van der Waals surface area contributed by atoms with Crippen molar-refractivity contribution in [2.75, 3.05) is 30.4 Å². The van der Waals surface area contributed by atoms with Crippen molar-refractivity contribution in [1.29, 1.82) is 0 Å². The molecule has 3 aromatic heterocycles. The average Bonchev–Trinajstić information content (AvgIpc) is 3.11. The summed E-state index contributed by atoms with van der Waals surface area (Å²) in [6.45, 7) is 1.88. The Bertz CT molecular complexity index is 957. The number of aromatic amines is 1. The standard InChI is InChI=1S/C19H21BrN6O/c1-21-13-5-3-7-26(11-13)17-14(20)9-23-18-16(17)15(10-24-18)25-19(27)12-4-2-6-22-8-12/h2,4,6,8-10,13,21H,3,5,7,11H2,1H3,(H,23,24)(H,25,27). The number of hydrogen-bond acceptors (Lipinski definition) is 5. The molecule has 1 aliphatic heterocycles. The Morgan fingerprint density at radius 3 is 3.07 bits per heavy atom. The normalized spacial score (nSPS) is 17.3. The number of nitrogens with zero attached hydrogens (tertiary/aromatic N) is 3. The van der Waals surface area contributed by atoms with Gasteiger partial charge in [-0.05, 0) is 48.0 Å². The van der Waals surface area contributed by atoms with Crippen LogP contribution in [0.5, 0.6) is 0 Å². The molecule has 0 saturated carbocycles. The van der Waals surface area contributed by atoms with E-state index in [-0.39, 0.29) is 5.91 Å². The van der Waals surface area contributed by atoms with Crippen molar-refractivity contribution in [2.24, 2.45) is 0 Å². The number of halogens is 1. The van der Waals surface area contributed by atoms with Gasteiger partial charge in [-0.1, -0.05) is 0 Å². The number of hydrogen-bond donors (Lipinski definition) is 3. The highest BCUT2D eigenvalue weighted by Crippen LogP contribution is 2.39. The summed E-state index contributed by atoms with van der Waals surface area (Å²) in [5.74, 6) is -0.193. The van der Waals surface area contributed by atoms with E-state index < -0.39 is 0 Å². The SMILES string of the molecule is CNC1CCCN(c2c(Br)cnc3[nH]cc(NC(=O)c4cccnc4)c23)C1. The van der Waals surface area contributed by atoms with Crippen LogP contribution in [0.25, 0.3) is 11.0 Å². The van der Waals surface area contributed by atoms with Crippen molar-refractivity contribution in [3.05, 3.63) is 47.0 Å². The molecular weight excluding hydrogens is 408 g/mol. The first-order valence-electron chi connectivity index (χ1n) is 8.96. The topological polar surface area (TPSA) is 85.9 Å². The van der Waals surface area contributed by atoms with E-state index in [1.54, 1.807) is 30.7 Å². The fourth-order valence-corrected chi connectivity index (χ4v) is 4.12. The zero-order valence-corrected chi connectivity index (χ0v) is 16.6. The van der Waals surface area contributed by atoms with Crippen LogP contribution in [-0.4, -0.2) is 47.0 Å². The Morgan fingerprint density at radius 2 is 2.30 bits per heavy atom. The molecular formula is C19H21BrN6O. The van der Waals surface area contributed by atoms with E-state index in [2.05, 4.69) is 46.4 Å². The minimum absolute atomic E-state index is 0.193. The zero-order chi connectivity index (χ0) is 18.8. The maximum Gasteiger partial charge on any atom is 0.257 e. The van der Waals surface area contributed by atoms with Crippen molar-refractivity contribution in [3.8, 4) is 0 Å². The van der Waals surface area contributed by atoms with E-state index in [1.165, 1.54) is 0 Å². The molecule has 4 heterocycles. The highest BCUT2D eigenvalue weighted by Gasteiger charge is 2.24. The van der Waals surface area contributed by atoms with Gasteiger partial charge in [-0.25, -0.2) is 4.98 Å². The molecule has 0 spiro atoms. The number of carbonyl (C=O) groups excluding carboxylic acids is 1. The number of rotatable bonds is 4. The first-order chi connectivity index (χ1) is 13.2. The molecule has 0 aliphatic carbocycles. The molecule has 1 aliphatic rings. The molecule has 3 aromatic rings. The maximum atomic E-state index is 12.6.